The topological polar surface area (TPSA) is 61.8 Å². The van der Waals surface area contributed by atoms with Gasteiger partial charge in [-0.1, -0.05) is 29.8 Å². The number of anilines is 1. The Hall–Kier alpha value is -3.84. The van der Waals surface area contributed by atoms with Gasteiger partial charge in [-0.2, -0.15) is 0 Å². The second-order valence-electron chi connectivity index (χ2n) is 8.25. The lowest BCUT2D eigenvalue weighted by molar-refractivity contribution is 0.300. The Labute approximate surface area is 210 Å². The number of thiocarbonyl (C=S) groups is 1. The summed E-state index contributed by atoms with van der Waals surface area (Å²) in [6, 6.07) is 17.7. The van der Waals surface area contributed by atoms with Crippen molar-refractivity contribution in [1.82, 2.24) is 4.98 Å². The van der Waals surface area contributed by atoms with E-state index in [0.717, 1.165) is 39.0 Å². The van der Waals surface area contributed by atoms with E-state index in [1.165, 1.54) is 5.56 Å². The summed E-state index contributed by atoms with van der Waals surface area (Å²) in [6.07, 6.45) is 1.71. The maximum absolute atomic E-state index is 6.32. The smallest absolute Gasteiger partial charge is 0.261 e. The molecule has 0 fully saturated rings. The molecule has 6 nitrogen and oxygen atoms in total. The minimum Gasteiger partial charge on any atom is -0.493 e. The average Bonchev–Trinajstić information content (AvgIpc) is 2.86. The minimum atomic E-state index is 0.322. The third-order valence-corrected chi connectivity index (χ3v) is 5.90. The normalized spacial score (nSPS) is 10.7. The van der Waals surface area contributed by atoms with E-state index < -0.39 is 0 Å². The number of nitrogens with one attached hydrogen (secondary N) is 1. The molecule has 0 radical (unpaired) electrons. The van der Waals surface area contributed by atoms with E-state index in [4.69, 9.17) is 31.2 Å². The van der Waals surface area contributed by atoms with E-state index in [2.05, 4.69) is 29.4 Å². The van der Waals surface area contributed by atoms with Crippen molar-refractivity contribution in [3.63, 3.8) is 0 Å². The molecule has 0 aliphatic heterocycles. The summed E-state index contributed by atoms with van der Waals surface area (Å²) in [6.45, 7) is 6.45. The van der Waals surface area contributed by atoms with Gasteiger partial charge in [-0.15, -0.1) is 0 Å². The monoisotopic (exact) mass is 488 g/mol. The van der Waals surface area contributed by atoms with E-state index in [1.807, 2.05) is 56.3 Å². The van der Waals surface area contributed by atoms with Gasteiger partial charge in [0.1, 0.15) is 18.1 Å². The standard InChI is InChI=1S/C28H28N2O4S/c1-17-6-8-20(9-7-17)16-33-28(35)30-22-12-19(3)25(13-18(22)2)34-24-10-11-29-23-15-27(32-5)26(31-4)14-21(23)24/h6-15H,16H2,1-5H3,(H,30,35). The number of rotatable bonds is 7. The maximum Gasteiger partial charge on any atom is 0.261 e. The lowest BCUT2D eigenvalue weighted by atomic mass is 10.1. The second-order valence-corrected chi connectivity index (χ2v) is 8.63. The molecule has 0 amide bonds. The first kappa shape index (κ1) is 24.3. The molecule has 4 aromatic rings. The zero-order valence-corrected chi connectivity index (χ0v) is 21.3. The molecule has 0 spiro atoms. The fourth-order valence-corrected chi connectivity index (χ4v) is 3.84. The summed E-state index contributed by atoms with van der Waals surface area (Å²) in [5.74, 6) is 2.65. The first-order valence-electron chi connectivity index (χ1n) is 11.2. The first-order chi connectivity index (χ1) is 16.9. The predicted octanol–water partition coefficient (Wildman–Crippen LogP) is 6.88. The van der Waals surface area contributed by atoms with E-state index in [9.17, 15) is 0 Å². The third kappa shape index (κ3) is 5.63. The number of benzene rings is 3. The molecule has 0 aliphatic carbocycles. The summed E-state index contributed by atoms with van der Waals surface area (Å²) < 4.78 is 22.9. The van der Waals surface area contributed by atoms with Crippen molar-refractivity contribution in [3.8, 4) is 23.0 Å². The van der Waals surface area contributed by atoms with Gasteiger partial charge in [0.2, 0.25) is 0 Å². The van der Waals surface area contributed by atoms with Gasteiger partial charge in [0.25, 0.3) is 5.17 Å². The Kier molecular flexibility index (Phi) is 7.36. The lowest BCUT2D eigenvalue weighted by Crippen LogP contribution is -2.14. The molecule has 3 aromatic carbocycles. The van der Waals surface area contributed by atoms with E-state index in [-0.39, 0.29) is 0 Å². The maximum atomic E-state index is 6.32. The summed E-state index contributed by atoms with van der Waals surface area (Å²) >= 11 is 5.41. The van der Waals surface area contributed by atoms with Crippen molar-refractivity contribution in [2.75, 3.05) is 19.5 Å². The highest BCUT2D eigenvalue weighted by Crippen LogP contribution is 2.38. The van der Waals surface area contributed by atoms with Crippen molar-refractivity contribution in [3.05, 3.63) is 83.0 Å². The van der Waals surface area contributed by atoms with Crippen molar-refractivity contribution >= 4 is 34.0 Å². The number of fused-ring (bicyclic) bond motifs is 1. The van der Waals surface area contributed by atoms with Crippen LogP contribution in [-0.4, -0.2) is 24.4 Å². The van der Waals surface area contributed by atoms with Crippen LogP contribution in [0, 0.1) is 20.8 Å². The molecule has 0 atom stereocenters. The number of pyridine rings is 1. The van der Waals surface area contributed by atoms with Crippen molar-refractivity contribution in [2.24, 2.45) is 0 Å². The molecule has 0 aliphatic rings. The number of hydrogen-bond acceptors (Lipinski definition) is 6. The van der Waals surface area contributed by atoms with Crippen LogP contribution in [0.4, 0.5) is 5.69 Å². The fourth-order valence-electron chi connectivity index (χ4n) is 3.67. The Morgan fingerprint density at radius 3 is 2.26 bits per heavy atom. The van der Waals surface area contributed by atoms with Gasteiger partial charge in [0, 0.05) is 23.3 Å². The molecule has 0 saturated carbocycles. The van der Waals surface area contributed by atoms with Crippen LogP contribution >= 0.6 is 12.2 Å². The van der Waals surface area contributed by atoms with Crippen LogP contribution in [-0.2, 0) is 11.3 Å². The van der Waals surface area contributed by atoms with Crippen LogP contribution in [0.2, 0.25) is 0 Å². The molecule has 0 saturated heterocycles. The Morgan fingerprint density at radius 1 is 0.829 bits per heavy atom. The summed E-state index contributed by atoms with van der Waals surface area (Å²) in [4.78, 5) is 4.44. The van der Waals surface area contributed by atoms with Gasteiger partial charge < -0.3 is 24.3 Å². The number of ether oxygens (including phenoxy) is 4. The molecule has 0 bridgehead atoms. The number of nitrogens with zero attached hydrogens (tertiary/aromatic N) is 1. The van der Waals surface area contributed by atoms with Crippen molar-refractivity contribution in [1.29, 1.82) is 0 Å². The van der Waals surface area contributed by atoms with Crippen LogP contribution in [0.5, 0.6) is 23.0 Å². The summed E-state index contributed by atoms with van der Waals surface area (Å²) in [5.41, 5.74) is 5.82. The Morgan fingerprint density at radius 2 is 1.54 bits per heavy atom. The van der Waals surface area contributed by atoms with Crippen LogP contribution in [0.15, 0.2) is 60.8 Å². The predicted molar refractivity (Wildman–Crippen MR) is 143 cm³/mol. The van der Waals surface area contributed by atoms with E-state index >= 15 is 0 Å². The van der Waals surface area contributed by atoms with Crippen molar-refractivity contribution < 1.29 is 18.9 Å². The zero-order chi connectivity index (χ0) is 24.9. The highest BCUT2D eigenvalue weighted by atomic mass is 32.1. The lowest BCUT2D eigenvalue weighted by Gasteiger charge is -2.17. The highest BCUT2D eigenvalue weighted by Gasteiger charge is 2.14. The number of hydrogen-bond donors (Lipinski definition) is 1. The van der Waals surface area contributed by atoms with E-state index in [0.29, 0.717) is 29.0 Å². The van der Waals surface area contributed by atoms with Crippen LogP contribution in [0.3, 0.4) is 0 Å². The Balaban J connectivity index is 1.51. The van der Waals surface area contributed by atoms with Gasteiger partial charge in [-0.05, 0) is 73.9 Å². The van der Waals surface area contributed by atoms with Crippen LogP contribution in [0.1, 0.15) is 22.3 Å². The third-order valence-electron chi connectivity index (χ3n) is 5.68. The molecular weight excluding hydrogens is 460 g/mol. The summed E-state index contributed by atoms with van der Waals surface area (Å²) in [5, 5.41) is 4.35. The minimum absolute atomic E-state index is 0.322. The van der Waals surface area contributed by atoms with Gasteiger partial charge >= 0.3 is 0 Å². The SMILES string of the molecule is COc1cc2nccc(Oc3cc(C)c(NC(=S)OCc4ccc(C)cc4)cc3C)c2cc1OC. The van der Waals surface area contributed by atoms with Crippen LogP contribution in [0.25, 0.3) is 10.9 Å². The molecule has 1 aromatic heterocycles. The Bertz CT molecular complexity index is 1370. The zero-order valence-electron chi connectivity index (χ0n) is 20.5. The fraction of sp³-hybridized carbons (Fsp3) is 0.214. The number of aromatic nitrogens is 1. The summed E-state index contributed by atoms with van der Waals surface area (Å²) in [7, 11) is 3.21. The average molecular weight is 489 g/mol. The molecular formula is C28H28N2O4S. The van der Waals surface area contributed by atoms with Gasteiger partial charge in [0.05, 0.1) is 19.7 Å². The van der Waals surface area contributed by atoms with Crippen molar-refractivity contribution in [2.45, 2.75) is 27.4 Å². The highest BCUT2D eigenvalue weighted by molar-refractivity contribution is 7.80. The van der Waals surface area contributed by atoms with Gasteiger partial charge in [-0.3, -0.25) is 4.98 Å². The molecule has 180 valence electrons. The van der Waals surface area contributed by atoms with Crippen LogP contribution < -0.4 is 19.5 Å². The molecule has 35 heavy (non-hydrogen) atoms. The van der Waals surface area contributed by atoms with E-state index in [1.54, 1.807) is 20.4 Å². The largest absolute Gasteiger partial charge is 0.493 e. The number of methoxy groups -OCH3 is 2. The van der Waals surface area contributed by atoms with Gasteiger partial charge in [0.15, 0.2) is 11.5 Å². The van der Waals surface area contributed by atoms with Gasteiger partial charge in [-0.25, -0.2) is 0 Å². The number of aryl methyl sites for hydroxylation is 3. The molecule has 4 rings (SSSR count). The molecule has 7 heteroatoms. The quantitative estimate of drug-likeness (QED) is 0.284. The molecule has 0 unspecified atom stereocenters. The second kappa shape index (κ2) is 10.6. The molecule has 1 heterocycles. The molecule has 1 N–H and O–H groups in total. The first-order valence-corrected chi connectivity index (χ1v) is 11.6.